The Bertz CT molecular complexity index is 539. The molecule has 168 valence electrons. The highest BCUT2D eigenvalue weighted by atomic mass is 127. The van der Waals surface area contributed by atoms with Crippen LogP contribution in [0, 0.1) is 0 Å². The van der Waals surface area contributed by atoms with Crippen molar-refractivity contribution >= 4 is 41.8 Å². The number of nitrogens with zero attached hydrogens (tertiary/aromatic N) is 5. The Balaban J connectivity index is 0.00000420. The maximum atomic E-state index is 12.6. The molecule has 2 fully saturated rings. The summed E-state index contributed by atoms with van der Waals surface area (Å²) >= 11 is 0. The number of likely N-dealkylation sites (N-methyl/N-ethyl adjacent to an activating group) is 1. The lowest BCUT2D eigenvalue weighted by molar-refractivity contribution is -0.132. The van der Waals surface area contributed by atoms with E-state index in [9.17, 15) is 9.59 Å². The minimum Gasteiger partial charge on any atom is -0.354 e. The molecule has 0 aromatic rings. The Labute approximate surface area is 193 Å². The van der Waals surface area contributed by atoms with Gasteiger partial charge in [0.1, 0.15) is 6.54 Å². The van der Waals surface area contributed by atoms with E-state index in [2.05, 4.69) is 34.0 Å². The van der Waals surface area contributed by atoms with Crippen LogP contribution in [0.15, 0.2) is 4.99 Å². The van der Waals surface area contributed by atoms with Gasteiger partial charge in [-0.25, -0.2) is 4.99 Å². The Morgan fingerprint density at radius 2 is 1.52 bits per heavy atom. The van der Waals surface area contributed by atoms with Gasteiger partial charge in [-0.15, -0.1) is 24.0 Å². The summed E-state index contributed by atoms with van der Waals surface area (Å²) in [5.74, 6) is 1.04. The van der Waals surface area contributed by atoms with Crippen molar-refractivity contribution in [3.05, 3.63) is 0 Å². The Morgan fingerprint density at radius 1 is 0.931 bits per heavy atom. The van der Waals surface area contributed by atoms with Crippen LogP contribution in [-0.2, 0) is 9.59 Å². The van der Waals surface area contributed by atoms with Crippen LogP contribution in [0.3, 0.4) is 0 Å². The number of aliphatic imine (C=N–C) groups is 1. The molecule has 9 heteroatoms. The molecule has 2 amide bonds. The fraction of sp³-hybridized carbons (Fsp3) is 0.850. The normalized spacial score (nSPS) is 18.9. The zero-order valence-electron chi connectivity index (χ0n) is 18.5. The van der Waals surface area contributed by atoms with Gasteiger partial charge < -0.3 is 20.0 Å². The Morgan fingerprint density at radius 3 is 2.03 bits per heavy atom. The first-order valence-electron chi connectivity index (χ1n) is 10.6. The number of carbonyl (C=O) groups excluding carboxylic acids is 2. The molecule has 2 heterocycles. The fourth-order valence-corrected chi connectivity index (χ4v) is 3.51. The summed E-state index contributed by atoms with van der Waals surface area (Å²) in [4.78, 5) is 37.1. The highest BCUT2D eigenvalue weighted by Gasteiger charge is 2.24. The van der Waals surface area contributed by atoms with Gasteiger partial charge in [0, 0.05) is 59.4 Å². The fourth-order valence-electron chi connectivity index (χ4n) is 3.51. The zero-order chi connectivity index (χ0) is 20.5. The highest BCUT2D eigenvalue weighted by Crippen LogP contribution is 2.11. The van der Waals surface area contributed by atoms with Crippen LogP contribution < -0.4 is 5.32 Å². The third kappa shape index (κ3) is 9.06. The second-order valence-electron chi connectivity index (χ2n) is 8.29. The van der Waals surface area contributed by atoms with Crippen molar-refractivity contribution in [2.24, 2.45) is 4.99 Å². The van der Waals surface area contributed by atoms with Crippen LogP contribution in [0.1, 0.15) is 39.5 Å². The van der Waals surface area contributed by atoms with Gasteiger partial charge in [-0.1, -0.05) is 12.8 Å². The van der Waals surface area contributed by atoms with Crippen LogP contribution in [0.5, 0.6) is 0 Å². The number of halogens is 1. The van der Waals surface area contributed by atoms with Crippen molar-refractivity contribution in [2.75, 3.05) is 66.5 Å². The number of hydrogen-bond donors (Lipinski definition) is 1. The topological polar surface area (TPSA) is 71.5 Å². The second kappa shape index (κ2) is 13.3. The summed E-state index contributed by atoms with van der Waals surface area (Å²) in [7, 11) is 3.49. The monoisotopic (exact) mass is 522 g/mol. The van der Waals surface area contributed by atoms with Gasteiger partial charge in [0.2, 0.25) is 11.8 Å². The van der Waals surface area contributed by atoms with Crippen LogP contribution >= 0.6 is 24.0 Å². The molecular formula is C20H39IN6O2. The Kier molecular flexibility index (Phi) is 11.9. The van der Waals surface area contributed by atoms with Gasteiger partial charge in [-0.3, -0.25) is 14.5 Å². The van der Waals surface area contributed by atoms with Crippen LogP contribution in [0.4, 0.5) is 0 Å². The molecule has 2 aliphatic heterocycles. The lowest BCUT2D eigenvalue weighted by Crippen LogP contribution is -2.55. The van der Waals surface area contributed by atoms with Crippen molar-refractivity contribution in [3.8, 4) is 0 Å². The lowest BCUT2D eigenvalue weighted by atomic mass is 10.2. The molecule has 0 radical (unpaired) electrons. The first-order valence-corrected chi connectivity index (χ1v) is 10.6. The molecule has 0 unspecified atom stereocenters. The largest absolute Gasteiger partial charge is 0.354 e. The van der Waals surface area contributed by atoms with E-state index in [-0.39, 0.29) is 48.4 Å². The van der Waals surface area contributed by atoms with Gasteiger partial charge in [0.05, 0.1) is 6.54 Å². The van der Waals surface area contributed by atoms with E-state index in [0.717, 1.165) is 58.1 Å². The van der Waals surface area contributed by atoms with Crippen molar-refractivity contribution in [3.63, 3.8) is 0 Å². The number of guanidine groups is 1. The van der Waals surface area contributed by atoms with Gasteiger partial charge >= 0.3 is 0 Å². The molecule has 0 atom stereocenters. The van der Waals surface area contributed by atoms with Crippen molar-refractivity contribution in [2.45, 2.75) is 45.6 Å². The maximum absolute atomic E-state index is 12.6. The van der Waals surface area contributed by atoms with Crippen LogP contribution in [0.2, 0.25) is 0 Å². The third-order valence-electron chi connectivity index (χ3n) is 5.27. The number of rotatable bonds is 5. The van der Waals surface area contributed by atoms with Gasteiger partial charge in [-0.05, 0) is 26.7 Å². The molecule has 0 aromatic heterocycles. The van der Waals surface area contributed by atoms with Crippen molar-refractivity contribution in [1.82, 2.24) is 24.9 Å². The molecule has 0 spiro atoms. The van der Waals surface area contributed by atoms with E-state index in [0.29, 0.717) is 6.54 Å². The lowest BCUT2D eigenvalue weighted by Gasteiger charge is -2.37. The van der Waals surface area contributed by atoms with E-state index in [4.69, 9.17) is 0 Å². The van der Waals surface area contributed by atoms with Crippen molar-refractivity contribution < 1.29 is 9.59 Å². The molecular weight excluding hydrogens is 483 g/mol. The number of hydrogen-bond acceptors (Lipinski definition) is 4. The molecule has 8 nitrogen and oxygen atoms in total. The van der Waals surface area contributed by atoms with Crippen LogP contribution in [-0.4, -0.2) is 110 Å². The maximum Gasteiger partial charge on any atom is 0.243 e. The predicted octanol–water partition coefficient (Wildman–Crippen LogP) is 1.07. The quantitative estimate of drug-likeness (QED) is 0.333. The minimum atomic E-state index is -0.00950. The second-order valence-corrected chi connectivity index (χ2v) is 8.29. The van der Waals surface area contributed by atoms with E-state index < -0.39 is 0 Å². The van der Waals surface area contributed by atoms with Gasteiger partial charge in [0.15, 0.2) is 5.96 Å². The minimum absolute atomic E-state index is 0. The number of amides is 2. The number of likely N-dealkylation sites (tertiary alicyclic amines) is 1. The average Bonchev–Trinajstić information content (AvgIpc) is 2.94. The molecule has 0 aliphatic carbocycles. The van der Waals surface area contributed by atoms with E-state index in [1.54, 1.807) is 19.0 Å². The molecule has 2 aliphatic rings. The summed E-state index contributed by atoms with van der Waals surface area (Å²) in [5, 5.41) is 3.37. The summed E-state index contributed by atoms with van der Waals surface area (Å²) in [6, 6.07) is 0.246. The molecule has 29 heavy (non-hydrogen) atoms. The van der Waals surface area contributed by atoms with Crippen molar-refractivity contribution in [1.29, 1.82) is 0 Å². The molecule has 0 bridgehead atoms. The first kappa shape index (κ1) is 25.9. The first-order chi connectivity index (χ1) is 13.4. The summed E-state index contributed by atoms with van der Waals surface area (Å²) in [6.45, 7) is 9.90. The number of piperazine rings is 1. The van der Waals surface area contributed by atoms with Crippen LogP contribution in [0.25, 0.3) is 0 Å². The molecule has 0 saturated carbocycles. The standard InChI is InChI=1S/C20H38N6O2.HI/c1-17(2)22-20(21-15-18(27)23(3)4)26-13-11-24(12-14-26)16-19(28)25-9-7-5-6-8-10-25;/h17H,5-16H2,1-4H3,(H,21,22);1H. The third-order valence-corrected chi connectivity index (χ3v) is 5.27. The summed E-state index contributed by atoms with van der Waals surface area (Å²) < 4.78 is 0. The van der Waals surface area contributed by atoms with E-state index >= 15 is 0 Å². The predicted molar refractivity (Wildman–Crippen MR) is 128 cm³/mol. The summed E-state index contributed by atoms with van der Waals surface area (Å²) in [6.07, 6.45) is 4.74. The van der Waals surface area contributed by atoms with E-state index in [1.807, 2.05) is 4.90 Å². The van der Waals surface area contributed by atoms with E-state index in [1.165, 1.54) is 12.8 Å². The van der Waals surface area contributed by atoms with Gasteiger partial charge in [0.25, 0.3) is 0 Å². The van der Waals surface area contributed by atoms with Gasteiger partial charge in [-0.2, -0.15) is 0 Å². The zero-order valence-corrected chi connectivity index (χ0v) is 20.9. The molecule has 2 saturated heterocycles. The SMILES string of the molecule is CC(C)NC(=NCC(=O)N(C)C)N1CCN(CC(=O)N2CCCCCC2)CC1.I. The number of carbonyl (C=O) groups is 2. The number of nitrogens with one attached hydrogen (secondary N) is 1. The Hall–Kier alpha value is -1.10. The average molecular weight is 522 g/mol. The molecule has 2 rings (SSSR count). The summed E-state index contributed by atoms with van der Waals surface area (Å²) in [5.41, 5.74) is 0. The smallest absolute Gasteiger partial charge is 0.243 e. The highest BCUT2D eigenvalue weighted by molar-refractivity contribution is 14.0. The molecule has 1 N–H and O–H groups in total. The molecule has 0 aromatic carbocycles.